The lowest BCUT2D eigenvalue weighted by Gasteiger charge is -2.27. The normalized spacial score (nSPS) is 22.8. The highest BCUT2D eigenvalue weighted by molar-refractivity contribution is 7.99. The highest BCUT2D eigenvalue weighted by Gasteiger charge is 2.26. The predicted octanol–water partition coefficient (Wildman–Crippen LogP) is 4.58. The van der Waals surface area contributed by atoms with Gasteiger partial charge in [-0.3, -0.25) is 0 Å². The van der Waals surface area contributed by atoms with E-state index in [0.717, 1.165) is 11.8 Å². The molecule has 1 nitrogen and oxygen atoms in total. The summed E-state index contributed by atoms with van der Waals surface area (Å²) in [6.45, 7) is 5.57. The molecule has 0 spiro atoms. The molecule has 0 bridgehead atoms. The maximum atomic E-state index is 3.74. The van der Waals surface area contributed by atoms with Gasteiger partial charge in [-0.15, -0.1) is 0 Å². The molecule has 1 aromatic rings. The van der Waals surface area contributed by atoms with Crippen LogP contribution in [0.1, 0.15) is 56.7 Å². The molecule has 2 atom stereocenters. The molecule has 106 valence electrons. The maximum absolute atomic E-state index is 3.74. The molecule has 0 aromatic heterocycles. The summed E-state index contributed by atoms with van der Waals surface area (Å²) in [6, 6.07) is 9.58. The molecular weight excluding hydrogens is 250 g/mol. The first-order valence-electron chi connectivity index (χ1n) is 7.79. The van der Waals surface area contributed by atoms with Crippen molar-refractivity contribution < 1.29 is 0 Å². The van der Waals surface area contributed by atoms with E-state index >= 15 is 0 Å². The maximum Gasteiger partial charge on any atom is 0.0443 e. The molecule has 0 aliphatic heterocycles. The van der Waals surface area contributed by atoms with Crippen LogP contribution in [0.5, 0.6) is 0 Å². The number of nitrogens with one attached hydrogen (secondary N) is 1. The van der Waals surface area contributed by atoms with Gasteiger partial charge in [0, 0.05) is 11.3 Å². The summed E-state index contributed by atoms with van der Waals surface area (Å²) < 4.78 is 0. The summed E-state index contributed by atoms with van der Waals surface area (Å²) in [5, 5.41) is 4.48. The van der Waals surface area contributed by atoms with Gasteiger partial charge in [0.15, 0.2) is 0 Å². The number of fused-ring (bicyclic) bond motifs is 1. The van der Waals surface area contributed by atoms with Gasteiger partial charge in [-0.05, 0) is 49.1 Å². The molecule has 1 aliphatic rings. The number of unbranched alkanes of at least 4 members (excludes halogenated alkanes) is 1. The fourth-order valence-electron chi connectivity index (χ4n) is 2.95. The standard InChI is InChI=1S/C17H27NS/c1-3-5-13-19-16-12-8-10-14-9-6-7-11-15(14)17(16)18-4-2/h6-7,9,11,16-18H,3-5,8,10,12-13H2,1-2H3. The number of rotatable bonds is 6. The van der Waals surface area contributed by atoms with Crippen molar-refractivity contribution in [1.29, 1.82) is 0 Å². The molecular formula is C17H27NS. The minimum absolute atomic E-state index is 0.547. The van der Waals surface area contributed by atoms with Crippen LogP contribution >= 0.6 is 11.8 Å². The summed E-state index contributed by atoms with van der Waals surface area (Å²) in [4.78, 5) is 0. The number of hydrogen-bond acceptors (Lipinski definition) is 2. The third-order valence-electron chi connectivity index (χ3n) is 3.95. The molecule has 19 heavy (non-hydrogen) atoms. The van der Waals surface area contributed by atoms with E-state index in [2.05, 4.69) is 55.2 Å². The molecule has 0 saturated carbocycles. The van der Waals surface area contributed by atoms with E-state index in [1.54, 1.807) is 11.1 Å². The molecule has 0 saturated heterocycles. The third-order valence-corrected chi connectivity index (χ3v) is 5.41. The number of benzene rings is 1. The van der Waals surface area contributed by atoms with Crippen molar-refractivity contribution in [3.05, 3.63) is 35.4 Å². The van der Waals surface area contributed by atoms with Crippen molar-refractivity contribution in [2.24, 2.45) is 0 Å². The Bertz CT molecular complexity index is 377. The summed E-state index contributed by atoms with van der Waals surface area (Å²) in [6.07, 6.45) is 6.59. The molecule has 2 unspecified atom stereocenters. The van der Waals surface area contributed by atoms with Crippen LogP contribution in [0.4, 0.5) is 0 Å². The first kappa shape index (κ1) is 14.9. The van der Waals surface area contributed by atoms with Crippen LogP contribution in [-0.2, 0) is 6.42 Å². The molecule has 2 heteroatoms. The SMILES string of the molecule is CCCCSC1CCCc2ccccc2C1NCC. The number of thioether (sulfide) groups is 1. The Morgan fingerprint density at radius 3 is 2.89 bits per heavy atom. The van der Waals surface area contributed by atoms with Crippen molar-refractivity contribution in [2.45, 2.75) is 57.2 Å². The summed E-state index contributed by atoms with van der Waals surface area (Å²) in [5.41, 5.74) is 3.11. The molecule has 0 radical (unpaired) electrons. The molecule has 2 rings (SSSR count). The average Bonchev–Trinajstić information content (AvgIpc) is 2.60. The van der Waals surface area contributed by atoms with Gasteiger partial charge in [-0.1, -0.05) is 44.5 Å². The largest absolute Gasteiger partial charge is 0.309 e. The Kier molecular flexibility index (Phi) is 6.25. The zero-order chi connectivity index (χ0) is 13.5. The van der Waals surface area contributed by atoms with E-state index in [-0.39, 0.29) is 0 Å². The minimum atomic E-state index is 0.547. The topological polar surface area (TPSA) is 12.0 Å². The quantitative estimate of drug-likeness (QED) is 0.603. The Morgan fingerprint density at radius 2 is 2.11 bits per heavy atom. The second kappa shape index (κ2) is 7.96. The third kappa shape index (κ3) is 4.00. The van der Waals surface area contributed by atoms with E-state index in [9.17, 15) is 0 Å². The summed E-state index contributed by atoms with van der Waals surface area (Å²) >= 11 is 2.18. The van der Waals surface area contributed by atoms with Gasteiger partial charge in [-0.25, -0.2) is 0 Å². The van der Waals surface area contributed by atoms with Crippen LogP contribution < -0.4 is 5.32 Å². The van der Waals surface area contributed by atoms with Crippen LogP contribution in [0, 0.1) is 0 Å². The number of hydrogen-bond donors (Lipinski definition) is 1. The van der Waals surface area contributed by atoms with Crippen molar-refractivity contribution in [2.75, 3.05) is 12.3 Å². The molecule has 0 amide bonds. The number of aryl methyl sites for hydroxylation is 1. The van der Waals surface area contributed by atoms with E-state index < -0.39 is 0 Å². The van der Waals surface area contributed by atoms with E-state index in [0.29, 0.717) is 6.04 Å². The lowest BCUT2D eigenvalue weighted by atomic mass is 9.99. The first-order valence-corrected chi connectivity index (χ1v) is 8.84. The van der Waals surface area contributed by atoms with Crippen LogP contribution in [0.2, 0.25) is 0 Å². The zero-order valence-corrected chi connectivity index (χ0v) is 13.1. The van der Waals surface area contributed by atoms with Crippen LogP contribution in [0.15, 0.2) is 24.3 Å². The Morgan fingerprint density at radius 1 is 1.26 bits per heavy atom. The van der Waals surface area contributed by atoms with Crippen molar-refractivity contribution in [3.8, 4) is 0 Å². The van der Waals surface area contributed by atoms with Gasteiger partial charge < -0.3 is 5.32 Å². The second-order valence-corrected chi connectivity index (χ2v) is 6.74. The highest BCUT2D eigenvalue weighted by atomic mass is 32.2. The van der Waals surface area contributed by atoms with Crippen LogP contribution in [0.3, 0.4) is 0 Å². The van der Waals surface area contributed by atoms with E-state index in [1.165, 1.54) is 37.9 Å². The molecule has 1 N–H and O–H groups in total. The summed E-state index contributed by atoms with van der Waals surface area (Å²) in [5.74, 6) is 1.31. The fraction of sp³-hybridized carbons (Fsp3) is 0.647. The van der Waals surface area contributed by atoms with Crippen molar-refractivity contribution >= 4 is 11.8 Å². The first-order chi connectivity index (χ1) is 9.36. The molecule has 1 aliphatic carbocycles. The smallest absolute Gasteiger partial charge is 0.0443 e. The van der Waals surface area contributed by atoms with Crippen LogP contribution in [-0.4, -0.2) is 17.5 Å². The van der Waals surface area contributed by atoms with Crippen LogP contribution in [0.25, 0.3) is 0 Å². The van der Waals surface area contributed by atoms with E-state index in [1.807, 2.05) is 0 Å². The summed E-state index contributed by atoms with van der Waals surface area (Å²) in [7, 11) is 0. The monoisotopic (exact) mass is 277 g/mol. The Balaban J connectivity index is 2.14. The molecule has 0 fully saturated rings. The second-order valence-electron chi connectivity index (χ2n) is 5.39. The van der Waals surface area contributed by atoms with Crippen molar-refractivity contribution in [1.82, 2.24) is 5.32 Å². The Hall–Kier alpha value is -0.470. The van der Waals surface area contributed by atoms with Gasteiger partial charge in [-0.2, -0.15) is 11.8 Å². The predicted molar refractivity (Wildman–Crippen MR) is 87.0 cm³/mol. The Labute approximate surface area is 122 Å². The lowest BCUT2D eigenvalue weighted by molar-refractivity contribution is 0.516. The van der Waals surface area contributed by atoms with Gasteiger partial charge in [0.1, 0.15) is 0 Å². The zero-order valence-electron chi connectivity index (χ0n) is 12.3. The van der Waals surface area contributed by atoms with E-state index in [4.69, 9.17) is 0 Å². The average molecular weight is 277 g/mol. The minimum Gasteiger partial charge on any atom is -0.309 e. The van der Waals surface area contributed by atoms with Gasteiger partial charge in [0.2, 0.25) is 0 Å². The molecule has 1 aromatic carbocycles. The fourth-order valence-corrected chi connectivity index (χ4v) is 4.47. The highest BCUT2D eigenvalue weighted by Crippen LogP contribution is 2.36. The van der Waals surface area contributed by atoms with Gasteiger partial charge in [0.25, 0.3) is 0 Å². The molecule has 0 heterocycles. The van der Waals surface area contributed by atoms with Crippen molar-refractivity contribution in [3.63, 3.8) is 0 Å². The lowest BCUT2D eigenvalue weighted by Crippen LogP contribution is -2.30. The van der Waals surface area contributed by atoms with Gasteiger partial charge >= 0.3 is 0 Å². The van der Waals surface area contributed by atoms with Gasteiger partial charge in [0.05, 0.1) is 0 Å².